The minimum atomic E-state index is -0.218. The highest BCUT2D eigenvalue weighted by molar-refractivity contribution is 9.10. The highest BCUT2D eigenvalue weighted by atomic mass is 79.9. The van der Waals surface area contributed by atoms with Gasteiger partial charge < -0.3 is 5.32 Å². The summed E-state index contributed by atoms with van der Waals surface area (Å²) in [5, 5.41) is 7.56. The summed E-state index contributed by atoms with van der Waals surface area (Å²) in [6, 6.07) is 15.1. The van der Waals surface area contributed by atoms with Crippen molar-refractivity contribution < 1.29 is 4.79 Å². The van der Waals surface area contributed by atoms with E-state index in [0.29, 0.717) is 11.0 Å². The number of amides is 1. The van der Waals surface area contributed by atoms with E-state index in [1.807, 2.05) is 55.5 Å². The van der Waals surface area contributed by atoms with Crippen LogP contribution in [0, 0.1) is 6.92 Å². The fourth-order valence-corrected chi connectivity index (χ4v) is 3.28. The van der Waals surface area contributed by atoms with Crippen molar-refractivity contribution in [3.8, 4) is 5.69 Å². The summed E-state index contributed by atoms with van der Waals surface area (Å²) in [5.41, 5.74) is 2.86. The van der Waals surface area contributed by atoms with E-state index in [9.17, 15) is 9.59 Å². The molecule has 4 rings (SSSR count). The number of benzene rings is 2. The van der Waals surface area contributed by atoms with Gasteiger partial charge in [0, 0.05) is 23.1 Å². The van der Waals surface area contributed by atoms with Gasteiger partial charge in [0.25, 0.3) is 5.56 Å². The molecule has 0 aliphatic rings. The number of hydrogen-bond acceptors (Lipinski definition) is 4. The van der Waals surface area contributed by atoms with Crippen LogP contribution in [0.5, 0.6) is 0 Å². The predicted molar refractivity (Wildman–Crippen MR) is 115 cm³/mol. The molecule has 8 heteroatoms. The average Bonchev–Trinajstić information content (AvgIpc) is 3.16. The Morgan fingerprint density at radius 1 is 1.17 bits per heavy atom. The van der Waals surface area contributed by atoms with Crippen LogP contribution < -0.4 is 10.9 Å². The molecular formula is C21H18BrN5O2. The van der Waals surface area contributed by atoms with E-state index in [4.69, 9.17) is 0 Å². The summed E-state index contributed by atoms with van der Waals surface area (Å²) in [6.45, 7) is 2.19. The number of hydrogen-bond donors (Lipinski definition) is 1. The molecule has 0 aliphatic carbocycles. The zero-order chi connectivity index (χ0) is 20.4. The van der Waals surface area contributed by atoms with Gasteiger partial charge in [-0.1, -0.05) is 34.1 Å². The van der Waals surface area contributed by atoms with Crippen LogP contribution in [0.25, 0.3) is 16.7 Å². The van der Waals surface area contributed by atoms with E-state index in [-0.39, 0.29) is 24.4 Å². The third-order valence-electron chi connectivity index (χ3n) is 4.58. The maximum atomic E-state index is 12.8. The quantitative estimate of drug-likeness (QED) is 0.501. The SMILES string of the molecule is Cc1cc(NC(=O)CCn2cnc3c(cnn3-c3ccccc3)c2=O)ccc1Br. The highest BCUT2D eigenvalue weighted by Crippen LogP contribution is 2.20. The molecule has 0 aliphatic heterocycles. The second-order valence-electron chi connectivity index (χ2n) is 6.63. The lowest BCUT2D eigenvalue weighted by Gasteiger charge is -2.08. The van der Waals surface area contributed by atoms with Crippen LogP contribution in [0.1, 0.15) is 12.0 Å². The molecule has 0 atom stereocenters. The zero-order valence-electron chi connectivity index (χ0n) is 15.7. The Bertz CT molecular complexity index is 1250. The average molecular weight is 452 g/mol. The van der Waals surface area contributed by atoms with E-state index in [0.717, 1.165) is 21.4 Å². The van der Waals surface area contributed by atoms with Crippen molar-refractivity contribution in [2.24, 2.45) is 0 Å². The van der Waals surface area contributed by atoms with Gasteiger partial charge >= 0.3 is 0 Å². The fraction of sp³-hybridized carbons (Fsp3) is 0.143. The molecule has 1 N–H and O–H groups in total. The Labute approximate surface area is 175 Å². The number of aromatic nitrogens is 4. The Morgan fingerprint density at radius 3 is 2.72 bits per heavy atom. The largest absolute Gasteiger partial charge is 0.326 e. The van der Waals surface area contributed by atoms with Crippen LogP contribution in [0.3, 0.4) is 0 Å². The Hall–Kier alpha value is -3.26. The molecular weight excluding hydrogens is 434 g/mol. The number of anilines is 1. The fourth-order valence-electron chi connectivity index (χ4n) is 3.03. The number of para-hydroxylation sites is 1. The van der Waals surface area contributed by atoms with Crippen LogP contribution in [-0.4, -0.2) is 25.2 Å². The van der Waals surface area contributed by atoms with E-state index < -0.39 is 0 Å². The molecule has 0 saturated carbocycles. The number of nitrogens with one attached hydrogen (secondary N) is 1. The van der Waals surface area contributed by atoms with Crippen LogP contribution >= 0.6 is 15.9 Å². The molecule has 1 amide bonds. The van der Waals surface area contributed by atoms with Gasteiger partial charge in [-0.05, 0) is 42.8 Å². The molecule has 29 heavy (non-hydrogen) atoms. The summed E-state index contributed by atoms with van der Waals surface area (Å²) in [4.78, 5) is 29.4. The van der Waals surface area contributed by atoms with Gasteiger partial charge in [-0.15, -0.1) is 0 Å². The number of carbonyl (C=O) groups is 1. The molecule has 0 spiro atoms. The third kappa shape index (κ3) is 3.97. The lowest BCUT2D eigenvalue weighted by atomic mass is 10.2. The van der Waals surface area contributed by atoms with Gasteiger partial charge in [0.05, 0.1) is 18.2 Å². The lowest BCUT2D eigenvalue weighted by Crippen LogP contribution is -2.23. The molecule has 0 fully saturated rings. The second-order valence-corrected chi connectivity index (χ2v) is 7.49. The molecule has 0 bridgehead atoms. The van der Waals surface area contributed by atoms with Crippen molar-refractivity contribution in [3.05, 3.63) is 81.4 Å². The lowest BCUT2D eigenvalue weighted by molar-refractivity contribution is -0.116. The standard InChI is InChI=1S/C21H18BrN5O2/c1-14-11-15(7-8-18(14)22)25-19(28)9-10-26-13-23-20-17(21(26)29)12-24-27(20)16-5-3-2-4-6-16/h2-8,11-13H,9-10H2,1H3,(H,25,28). The smallest absolute Gasteiger partial charge is 0.264 e. The van der Waals surface area contributed by atoms with Crippen molar-refractivity contribution in [2.45, 2.75) is 19.9 Å². The molecule has 7 nitrogen and oxygen atoms in total. The van der Waals surface area contributed by atoms with Gasteiger partial charge in [0.15, 0.2) is 5.65 Å². The van der Waals surface area contributed by atoms with E-state index in [1.54, 1.807) is 4.68 Å². The Balaban J connectivity index is 1.50. The molecule has 146 valence electrons. The minimum absolute atomic E-state index is 0.162. The molecule has 2 heterocycles. The van der Waals surface area contributed by atoms with Crippen LogP contribution in [0.4, 0.5) is 5.69 Å². The number of carbonyl (C=O) groups excluding carboxylic acids is 1. The Kier molecular flexibility index (Phi) is 5.26. The topological polar surface area (TPSA) is 81.8 Å². The summed E-state index contributed by atoms with van der Waals surface area (Å²) in [6.07, 6.45) is 3.14. The molecule has 2 aromatic carbocycles. The second kappa shape index (κ2) is 8.00. The van der Waals surface area contributed by atoms with Gasteiger partial charge in [-0.25, -0.2) is 9.67 Å². The number of nitrogens with zero attached hydrogens (tertiary/aromatic N) is 4. The third-order valence-corrected chi connectivity index (χ3v) is 5.47. The first-order chi connectivity index (χ1) is 14.0. The monoisotopic (exact) mass is 451 g/mol. The van der Waals surface area contributed by atoms with Crippen molar-refractivity contribution in [1.29, 1.82) is 0 Å². The predicted octanol–water partition coefficient (Wildman–Crippen LogP) is 3.68. The first kappa shape index (κ1) is 19.1. The summed E-state index contributed by atoms with van der Waals surface area (Å²) < 4.78 is 4.05. The molecule has 0 saturated heterocycles. The van der Waals surface area contributed by atoms with Crippen molar-refractivity contribution in [3.63, 3.8) is 0 Å². The number of rotatable bonds is 5. The first-order valence-electron chi connectivity index (χ1n) is 9.07. The van der Waals surface area contributed by atoms with E-state index in [2.05, 4.69) is 31.3 Å². The first-order valence-corrected chi connectivity index (χ1v) is 9.87. The minimum Gasteiger partial charge on any atom is -0.326 e. The van der Waals surface area contributed by atoms with Crippen molar-refractivity contribution >= 4 is 38.6 Å². The van der Waals surface area contributed by atoms with Gasteiger partial charge in [-0.3, -0.25) is 14.2 Å². The van der Waals surface area contributed by atoms with Gasteiger partial charge in [0.1, 0.15) is 5.39 Å². The van der Waals surface area contributed by atoms with Crippen molar-refractivity contribution in [2.75, 3.05) is 5.32 Å². The normalized spacial score (nSPS) is 11.0. The van der Waals surface area contributed by atoms with Crippen LogP contribution in [0.2, 0.25) is 0 Å². The van der Waals surface area contributed by atoms with Crippen LogP contribution in [0.15, 0.2) is 70.3 Å². The van der Waals surface area contributed by atoms with Gasteiger partial charge in [-0.2, -0.15) is 5.10 Å². The van der Waals surface area contributed by atoms with Crippen LogP contribution in [-0.2, 0) is 11.3 Å². The summed E-state index contributed by atoms with van der Waals surface area (Å²) >= 11 is 3.44. The summed E-state index contributed by atoms with van der Waals surface area (Å²) in [5.74, 6) is -0.168. The zero-order valence-corrected chi connectivity index (χ0v) is 17.3. The molecule has 0 radical (unpaired) electrons. The van der Waals surface area contributed by atoms with E-state index >= 15 is 0 Å². The maximum Gasteiger partial charge on any atom is 0.264 e. The number of fused-ring (bicyclic) bond motifs is 1. The molecule has 0 unspecified atom stereocenters. The highest BCUT2D eigenvalue weighted by Gasteiger charge is 2.12. The Morgan fingerprint density at radius 2 is 1.97 bits per heavy atom. The van der Waals surface area contributed by atoms with E-state index in [1.165, 1.54) is 17.1 Å². The van der Waals surface area contributed by atoms with Crippen molar-refractivity contribution in [1.82, 2.24) is 19.3 Å². The molecule has 4 aromatic rings. The number of halogens is 1. The van der Waals surface area contributed by atoms with Gasteiger partial charge in [0.2, 0.25) is 5.91 Å². The summed E-state index contributed by atoms with van der Waals surface area (Å²) in [7, 11) is 0. The number of aryl methyl sites for hydroxylation is 2. The maximum absolute atomic E-state index is 12.8. The molecule has 2 aromatic heterocycles.